The molecule has 1 aliphatic heterocycles. The van der Waals surface area contributed by atoms with Gasteiger partial charge in [0.25, 0.3) is 11.8 Å². The van der Waals surface area contributed by atoms with Crippen LogP contribution in [0.3, 0.4) is 0 Å². The van der Waals surface area contributed by atoms with Crippen molar-refractivity contribution in [3.63, 3.8) is 0 Å². The van der Waals surface area contributed by atoms with Crippen molar-refractivity contribution in [1.29, 1.82) is 0 Å². The van der Waals surface area contributed by atoms with Gasteiger partial charge >= 0.3 is 0 Å². The SMILES string of the molecule is COc1cc(/C=N/N2C(=O)[C@H]3[C@@H]4C=C[C@H]([C@H]5C[C@H]45)[C@@H]3C2=O)ccc1OCc1ccccc1. The number of hydrazone groups is 1. The second kappa shape index (κ2) is 7.33. The number of hydrogen-bond acceptors (Lipinski definition) is 5. The van der Waals surface area contributed by atoms with Crippen LogP contribution in [0.4, 0.5) is 0 Å². The Morgan fingerprint density at radius 3 is 2.31 bits per heavy atom. The molecule has 0 aromatic heterocycles. The molecule has 0 radical (unpaired) electrons. The minimum atomic E-state index is -0.235. The van der Waals surface area contributed by atoms with E-state index in [9.17, 15) is 9.59 Å². The van der Waals surface area contributed by atoms with Crippen LogP contribution in [0.2, 0.25) is 0 Å². The van der Waals surface area contributed by atoms with Gasteiger partial charge in [0.2, 0.25) is 0 Å². The lowest BCUT2D eigenvalue weighted by molar-refractivity contribution is -0.140. The highest BCUT2D eigenvalue weighted by molar-refractivity contribution is 6.06. The van der Waals surface area contributed by atoms with Gasteiger partial charge < -0.3 is 9.47 Å². The van der Waals surface area contributed by atoms with Crippen molar-refractivity contribution >= 4 is 18.0 Å². The predicted molar refractivity (Wildman–Crippen MR) is 118 cm³/mol. The van der Waals surface area contributed by atoms with E-state index >= 15 is 0 Å². The third-order valence-electron chi connectivity index (χ3n) is 7.39. The van der Waals surface area contributed by atoms with Gasteiger partial charge in [-0.1, -0.05) is 42.5 Å². The minimum Gasteiger partial charge on any atom is -0.493 e. The number of rotatable bonds is 6. The lowest BCUT2D eigenvalue weighted by Gasteiger charge is -2.37. The predicted octanol–water partition coefficient (Wildman–Crippen LogP) is 3.66. The Morgan fingerprint density at radius 2 is 1.66 bits per heavy atom. The van der Waals surface area contributed by atoms with Crippen LogP contribution in [0, 0.1) is 35.5 Å². The standard InChI is InChI=1S/C26H24N2O4/c1-31-22-11-16(7-10-21(22)32-14-15-5-3-2-4-6-15)13-27-28-25(29)23-17-8-9-18(20-12-19(17)20)24(23)26(28)30/h2-11,13,17-20,23-24H,12,14H2,1H3/b27-13+/t17-,18-,19-,20-,23+,24+/m1/s1. The van der Waals surface area contributed by atoms with Gasteiger partial charge in [-0.3, -0.25) is 9.59 Å². The zero-order valence-electron chi connectivity index (χ0n) is 17.8. The molecule has 2 amide bonds. The van der Waals surface area contributed by atoms with Crippen molar-refractivity contribution in [3.05, 3.63) is 71.8 Å². The summed E-state index contributed by atoms with van der Waals surface area (Å²) in [6.45, 7) is 0.433. The summed E-state index contributed by atoms with van der Waals surface area (Å²) >= 11 is 0. The van der Waals surface area contributed by atoms with Gasteiger partial charge in [-0.2, -0.15) is 10.1 Å². The molecule has 2 bridgehead atoms. The van der Waals surface area contributed by atoms with Gasteiger partial charge in [0.15, 0.2) is 11.5 Å². The third-order valence-corrected chi connectivity index (χ3v) is 7.39. The van der Waals surface area contributed by atoms with E-state index in [4.69, 9.17) is 9.47 Å². The number of carbonyl (C=O) groups is 2. The van der Waals surface area contributed by atoms with Crippen LogP contribution in [-0.2, 0) is 16.2 Å². The summed E-state index contributed by atoms with van der Waals surface area (Å²) in [6, 6.07) is 15.4. The zero-order valence-corrected chi connectivity index (χ0v) is 17.8. The summed E-state index contributed by atoms with van der Waals surface area (Å²) < 4.78 is 11.4. The van der Waals surface area contributed by atoms with E-state index in [0.717, 1.165) is 22.6 Å². The second-order valence-corrected chi connectivity index (χ2v) is 9.07. The van der Waals surface area contributed by atoms with Gasteiger partial charge in [-0.15, -0.1) is 0 Å². The van der Waals surface area contributed by atoms with Crippen molar-refractivity contribution in [1.82, 2.24) is 5.01 Å². The highest BCUT2D eigenvalue weighted by atomic mass is 16.5. The molecule has 2 aromatic carbocycles. The molecular formula is C26H24N2O4. The molecule has 1 saturated heterocycles. The molecule has 6 heteroatoms. The number of ether oxygens (including phenoxy) is 2. The highest BCUT2D eigenvalue weighted by Crippen LogP contribution is 2.65. The maximum atomic E-state index is 13.0. The van der Waals surface area contributed by atoms with E-state index in [-0.39, 0.29) is 35.5 Å². The molecule has 4 aliphatic carbocycles. The molecule has 0 spiro atoms. The number of methoxy groups -OCH3 is 1. The molecule has 7 rings (SSSR count). The van der Waals surface area contributed by atoms with E-state index in [0.29, 0.717) is 29.9 Å². The Bertz CT molecular complexity index is 1110. The monoisotopic (exact) mass is 428 g/mol. The van der Waals surface area contributed by atoms with E-state index in [1.165, 1.54) is 0 Å². The molecule has 3 fully saturated rings. The molecule has 0 N–H and O–H groups in total. The summed E-state index contributed by atoms with van der Waals surface area (Å²) in [5.74, 6) is 1.98. The molecule has 2 saturated carbocycles. The molecule has 6 atom stereocenters. The summed E-state index contributed by atoms with van der Waals surface area (Å²) in [5.41, 5.74) is 1.79. The van der Waals surface area contributed by atoms with Crippen LogP contribution in [0.1, 0.15) is 17.5 Å². The van der Waals surface area contributed by atoms with Crippen LogP contribution in [0.5, 0.6) is 11.5 Å². The number of imide groups is 1. The topological polar surface area (TPSA) is 68.2 Å². The molecule has 6 nitrogen and oxygen atoms in total. The molecule has 5 aliphatic rings. The van der Waals surface area contributed by atoms with E-state index in [2.05, 4.69) is 17.3 Å². The summed E-state index contributed by atoms with van der Waals surface area (Å²) in [5, 5.41) is 5.40. The Hall–Kier alpha value is -3.41. The van der Waals surface area contributed by atoms with E-state index < -0.39 is 0 Å². The molecule has 32 heavy (non-hydrogen) atoms. The van der Waals surface area contributed by atoms with Gasteiger partial charge in [-0.05, 0) is 59.4 Å². The number of amides is 2. The first-order valence-electron chi connectivity index (χ1n) is 11.1. The van der Waals surface area contributed by atoms with Crippen LogP contribution >= 0.6 is 0 Å². The average molecular weight is 428 g/mol. The van der Waals surface area contributed by atoms with Crippen molar-refractivity contribution in [2.45, 2.75) is 13.0 Å². The zero-order chi connectivity index (χ0) is 21.8. The third kappa shape index (κ3) is 2.97. The molecular weight excluding hydrogens is 404 g/mol. The van der Waals surface area contributed by atoms with Crippen molar-refractivity contribution < 1.29 is 19.1 Å². The van der Waals surface area contributed by atoms with E-state index in [1.807, 2.05) is 42.5 Å². The van der Waals surface area contributed by atoms with Crippen molar-refractivity contribution in [3.8, 4) is 11.5 Å². The fourth-order valence-electron chi connectivity index (χ4n) is 5.80. The van der Waals surface area contributed by atoms with E-state index in [1.54, 1.807) is 19.4 Å². The molecule has 2 aromatic rings. The second-order valence-electron chi connectivity index (χ2n) is 9.07. The van der Waals surface area contributed by atoms with Crippen LogP contribution in [-0.4, -0.2) is 30.1 Å². The lowest BCUT2D eigenvalue weighted by Crippen LogP contribution is -2.40. The average Bonchev–Trinajstić information content (AvgIpc) is 3.61. The minimum absolute atomic E-state index is 0.157. The quantitative estimate of drug-likeness (QED) is 0.400. The summed E-state index contributed by atoms with van der Waals surface area (Å²) in [6.07, 6.45) is 7.03. The van der Waals surface area contributed by atoms with Gasteiger partial charge in [-0.25, -0.2) is 0 Å². The van der Waals surface area contributed by atoms with Crippen molar-refractivity contribution in [2.75, 3.05) is 7.11 Å². The Balaban J connectivity index is 1.18. The summed E-state index contributed by atoms with van der Waals surface area (Å²) in [7, 11) is 1.58. The number of carbonyl (C=O) groups excluding carboxylic acids is 2. The fraction of sp³-hybridized carbons (Fsp3) is 0.346. The summed E-state index contributed by atoms with van der Waals surface area (Å²) in [4.78, 5) is 26.1. The van der Waals surface area contributed by atoms with Gasteiger partial charge in [0, 0.05) is 0 Å². The van der Waals surface area contributed by atoms with Crippen molar-refractivity contribution in [2.24, 2.45) is 40.6 Å². The number of nitrogens with zero attached hydrogens (tertiary/aromatic N) is 2. The van der Waals surface area contributed by atoms with Gasteiger partial charge in [0.1, 0.15) is 6.61 Å². The maximum absolute atomic E-state index is 13.0. The number of hydrogen-bond donors (Lipinski definition) is 0. The Labute approximate surface area is 186 Å². The first-order valence-corrected chi connectivity index (χ1v) is 11.1. The van der Waals surface area contributed by atoms with Crippen LogP contribution in [0.25, 0.3) is 0 Å². The highest BCUT2D eigenvalue weighted by Gasteiger charge is 2.67. The maximum Gasteiger partial charge on any atom is 0.254 e. The smallest absolute Gasteiger partial charge is 0.254 e. The largest absolute Gasteiger partial charge is 0.493 e. The number of allylic oxidation sites excluding steroid dienone is 2. The molecule has 0 unspecified atom stereocenters. The Kier molecular flexibility index (Phi) is 4.42. The number of benzene rings is 2. The van der Waals surface area contributed by atoms with Crippen LogP contribution in [0.15, 0.2) is 65.8 Å². The lowest BCUT2D eigenvalue weighted by atomic mass is 9.63. The van der Waals surface area contributed by atoms with Gasteiger partial charge in [0.05, 0.1) is 25.2 Å². The molecule has 162 valence electrons. The Morgan fingerprint density at radius 1 is 0.969 bits per heavy atom. The first-order chi connectivity index (χ1) is 15.7. The van der Waals surface area contributed by atoms with Crippen LogP contribution < -0.4 is 9.47 Å². The normalized spacial score (nSPS) is 31.7. The molecule has 1 heterocycles. The fourth-order valence-corrected chi connectivity index (χ4v) is 5.80. The first kappa shape index (κ1) is 19.3.